The number of epoxide rings is 1. The molecular formula is C6H10O. The van der Waals surface area contributed by atoms with E-state index in [0.29, 0.717) is 12.2 Å². The zero-order valence-electron chi connectivity index (χ0n) is 4.55. The zero-order chi connectivity index (χ0) is 4.85. The van der Waals surface area contributed by atoms with E-state index in [0.717, 1.165) is 5.92 Å². The molecule has 0 aromatic heterocycles. The summed E-state index contributed by atoms with van der Waals surface area (Å²) in [5.41, 5.74) is 0. The summed E-state index contributed by atoms with van der Waals surface area (Å²) in [6.07, 6.45) is 4.09. The molecule has 1 aliphatic carbocycles. The van der Waals surface area contributed by atoms with Crippen LogP contribution in [0.5, 0.6) is 0 Å². The second kappa shape index (κ2) is 1.03. The third-order valence-electron chi connectivity index (χ3n) is 2.09. The van der Waals surface area contributed by atoms with Crippen LogP contribution < -0.4 is 0 Å². The molecule has 2 aliphatic rings. The Morgan fingerprint density at radius 2 is 2.29 bits per heavy atom. The summed E-state index contributed by atoms with van der Waals surface area (Å²) in [5, 5.41) is 0. The normalized spacial score (nSPS) is 57.0. The van der Waals surface area contributed by atoms with Crippen LogP contribution in [-0.4, -0.2) is 12.2 Å². The van der Waals surface area contributed by atoms with Crippen molar-refractivity contribution in [3.63, 3.8) is 0 Å². The third-order valence-corrected chi connectivity index (χ3v) is 2.09. The van der Waals surface area contributed by atoms with E-state index in [1.165, 1.54) is 12.8 Å². The topological polar surface area (TPSA) is 12.5 Å². The molecule has 3 atom stereocenters. The smallest absolute Gasteiger partial charge is 0.0867 e. The van der Waals surface area contributed by atoms with Gasteiger partial charge in [-0.3, -0.25) is 0 Å². The summed E-state index contributed by atoms with van der Waals surface area (Å²) >= 11 is 0. The lowest BCUT2D eigenvalue weighted by Crippen LogP contribution is -1.95. The van der Waals surface area contributed by atoms with Gasteiger partial charge in [0, 0.05) is 0 Å². The molecule has 0 aromatic rings. The Kier molecular flexibility index (Phi) is 0.571. The largest absolute Gasteiger partial charge is 0.369 e. The molecule has 1 saturated heterocycles. The van der Waals surface area contributed by atoms with Crippen molar-refractivity contribution in [3.05, 3.63) is 0 Å². The fraction of sp³-hybridized carbons (Fsp3) is 1.00. The van der Waals surface area contributed by atoms with E-state index in [1.54, 1.807) is 0 Å². The maximum Gasteiger partial charge on any atom is 0.0867 e. The summed E-state index contributed by atoms with van der Waals surface area (Å²) < 4.78 is 5.27. The van der Waals surface area contributed by atoms with Gasteiger partial charge in [-0.2, -0.15) is 0 Å². The fourth-order valence-corrected chi connectivity index (χ4v) is 1.48. The van der Waals surface area contributed by atoms with Gasteiger partial charge in [-0.1, -0.05) is 6.92 Å². The second-order valence-electron chi connectivity index (χ2n) is 2.69. The molecule has 2 rings (SSSR count). The molecule has 0 unspecified atom stereocenters. The lowest BCUT2D eigenvalue weighted by Gasteiger charge is -1.97. The van der Waals surface area contributed by atoms with Gasteiger partial charge in [0.05, 0.1) is 12.2 Å². The van der Waals surface area contributed by atoms with Crippen molar-refractivity contribution < 1.29 is 4.74 Å². The van der Waals surface area contributed by atoms with Gasteiger partial charge in [0.15, 0.2) is 0 Å². The SMILES string of the molecule is C[C@H]1CC[C@H]2O[C@@H]12. The van der Waals surface area contributed by atoms with Crippen molar-refractivity contribution in [2.75, 3.05) is 0 Å². The Balaban J connectivity index is 2.08. The van der Waals surface area contributed by atoms with Crippen LogP contribution in [0.3, 0.4) is 0 Å². The van der Waals surface area contributed by atoms with E-state index in [9.17, 15) is 0 Å². The minimum atomic E-state index is 0.681. The van der Waals surface area contributed by atoms with Crippen LogP contribution in [0.25, 0.3) is 0 Å². The third kappa shape index (κ3) is 0.418. The molecule has 1 heteroatoms. The average molecular weight is 98.1 g/mol. The summed E-state index contributed by atoms with van der Waals surface area (Å²) in [7, 11) is 0. The van der Waals surface area contributed by atoms with E-state index >= 15 is 0 Å². The summed E-state index contributed by atoms with van der Waals surface area (Å²) in [4.78, 5) is 0. The fourth-order valence-electron chi connectivity index (χ4n) is 1.48. The first-order valence-corrected chi connectivity index (χ1v) is 3.03. The van der Waals surface area contributed by atoms with Gasteiger partial charge < -0.3 is 4.74 Å². The van der Waals surface area contributed by atoms with E-state index < -0.39 is 0 Å². The van der Waals surface area contributed by atoms with Gasteiger partial charge >= 0.3 is 0 Å². The molecule has 1 aliphatic heterocycles. The van der Waals surface area contributed by atoms with Crippen LogP contribution in [0.2, 0.25) is 0 Å². The Bertz CT molecular complexity index is 90.2. The molecule has 0 bridgehead atoms. The highest BCUT2D eigenvalue weighted by atomic mass is 16.6. The van der Waals surface area contributed by atoms with E-state index in [-0.39, 0.29) is 0 Å². The Morgan fingerprint density at radius 3 is 2.43 bits per heavy atom. The highest BCUT2D eigenvalue weighted by molar-refractivity contribution is 4.95. The predicted molar refractivity (Wildman–Crippen MR) is 27.1 cm³/mol. The Labute approximate surface area is 43.7 Å². The van der Waals surface area contributed by atoms with Gasteiger partial charge in [0.2, 0.25) is 0 Å². The molecule has 40 valence electrons. The summed E-state index contributed by atoms with van der Waals surface area (Å²) in [6, 6.07) is 0. The van der Waals surface area contributed by atoms with Crippen molar-refractivity contribution in [1.82, 2.24) is 0 Å². The van der Waals surface area contributed by atoms with Gasteiger partial charge in [-0.05, 0) is 18.8 Å². The van der Waals surface area contributed by atoms with Gasteiger partial charge in [-0.15, -0.1) is 0 Å². The van der Waals surface area contributed by atoms with Crippen molar-refractivity contribution >= 4 is 0 Å². The average Bonchev–Trinajstić information content (AvgIpc) is 2.33. The van der Waals surface area contributed by atoms with Crippen LogP contribution in [0.15, 0.2) is 0 Å². The van der Waals surface area contributed by atoms with E-state index in [4.69, 9.17) is 4.74 Å². The lowest BCUT2D eigenvalue weighted by atomic mass is 10.1. The van der Waals surface area contributed by atoms with Crippen LogP contribution in [0, 0.1) is 5.92 Å². The predicted octanol–water partition coefficient (Wildman–Crippen LogP) is 1.18. The van der Waals surface area contributed by atoms with Crippen molar-refractivity contribution in [3.8, 4) is 0 Å². The number of ether oxygens (including phenoxy) is 1. The van der Waals surface area contributed by atoms with Crippen LogP contribution in [0.4, 0.5) is 0 Å². The van der Waals surface area contributed by atoms with Gasteiger partial charge in [0.25, 0.3) is 0 Å². The Morgan fingerprint density at radius 1 is 1.43 bits per heavy atom. The molecule has 1 saturated carbocycles. The second-order valence-corrected chi connectivity index (χ2v) is 2.69. The molecular weight excluding hydrogens is 88.1 g/mol. The van der Waals surface area contributed by atoms with Crippen LogP contribution in [0.1, 0.15) is 19.8 Å². The lowest BCUT2D eigenvalue weighted by molar-refractivity contribution is 0.276. The number of fused-ring (bicyclic) bond motifs is 1. The molecule has 7 heavy (non-hydrogen) atoms. The van der Waals surface area contributed by atoms with Crippen LogP contribution >= 0.6 is 0 Å². The number of hydrogen-bond donors (Lipinski definition) is 0. The zero-order valence-corrected chi connectivity index (χ0v) is 4.55. The standard InChI is InChI=1S/C6H10O/c1-4-2-3-5-6(4)7-5/h4-6H,2-3H2,1H3/t4-,5+,6-/m0/s1. The Hall–Kier alpha value is -0.0400. The molecule has 1 nitrogen and oxygen atoms in total. The molecule has 1 heterocycles. The highest BCUT2D eigenvalue weighted by Crippen LogP contribution is 2.42. The first-order chi connectivity index (χ1) is 3.38. The number of hydrogen-bond acceptors (Lipinski definition) is 1. The summed E-state index contributed by atoms with van der Waals surface area (Å²) in [6.45, 7) is 2.28. The molecule has 0 amide bonds. The quantitative estimate of drug-likeness (QED) is 0.414. The minimum absolute atomic E-state index is 0.681. The maximum absolute atomic E-state index is 5.27. The first-order valence-electron chi connectivity index (χ1n) is 3.03. The van der Waals surface area contributed by atoms with Crippen molar-refractivity contribution in [1.29, 1.82) is 0 Å². The van der Waals surface area contributed by atoms with E-state index in [1.807, 2.05) is 0 Å². The highest BCUT2D eigenvalue weighted by Gasteiger charge is 2.47. The van der Waals surface area contributed by atoms with Crippen LogP contribution in [-0.2, 0) is 4.74 Å². The van der Waals surface area contributed by atoms with Gasteiger partial charge in [0.1, 0.15) is 0 Å². The van der Waals surface area contributed by atoms with E-state index in [2.05, 4.69) is 6.92 Å². The van der Waals surface area contributed by atoms with Crippen molar-refractivity contribution in [2.24, 2.45) is 5.92 Å². The maximum atomic E-state index is 5.27. The minimum Gasteiger partial charge on any atom is -0.369 e. The first kappa shape index (κ1) is 3.90. The monoisotopic (exact) mass is 98.1 g/mol. The molecule has 0 radical (unpaired) electrons. The van der Waals surface area contributed by atoms with Gasteiger partial charge in [-0.25, -0.2) is 0 Å². The molecule has 2 fully saturated rings. The molecule has 0 aromatic carbocycles. The molecule has 0 spiro atoms. The molecule has 0 N–H and O–H groups in total. The van der Waals surface area contributed by atoms with Crippen molar-refractivity contribution in [2.45, 2.75) is 32.0 Å². The summed E-state index contributed by atoms with van der Waals surface area (Å²) in [5.74, 6) is 0.866. The number of rotatable bonds is 0.